The predicted octanol–water partition coefficient (Wildman–Crippen LogP) is 15.4. The Morgan fingerprint density at radius 1 is 0.345 bits per heavy atom. The van der Waals surface area contributed by atoms with Gasteiger partial charge in [-0.15, -0.1) is 0 Å². The second kappa shape index (κ2) is 12.9. The van der Waals surface area contributed by atoms with Crippen LogP contribution in [0.4, 0.5) is 17.1 Å². The van der Waals surface area contributed by atoms with Crippen LogP contribution in [0.25, 0.3) is 93.6 Å². The van der Waals surface area contributed by atoms with Crippen molar-refractivity contribution >= 4 is 82.7 Å². The second-order valence-corrected chi connectivity index (χ2v) is 14.9. The molecule has 0 radical (unpaired) electrons. The molecule has 0 aliphatic heterocycles. The molecule has 4 heteroatoms. The first-order valence-electron chi connectivity index (χ1n) is 19.7. The fourth-order valence-electron chi connectivity index (χ4n) is 8.93. The summed E-state index contributed by atoms with van der Waals surface area (Å²) in [6.45, 7) is 0. The number of benzene rings is 9. The maximum absolute atomic E-state index is 6.79. The Bertz CT molecular complexity index is 3450. The van der Waals surface area contributed by atoms with Crippen LogP contribution in [0.1, 0.15) is 0 Å². The van der Waals surface area contributed by atoms with Crippen molar-refractivity contribution in [1.29, 1.82) is 0 Å². The molecule has 0 bridgehead atoms. The molecule has 0 aliphatic carbocycles. The van der Waals surface area contributed by atoms with Crippen molar-refractivity contribution in [2.75, 3.05) is 4.90 Å². The smallest absolute Gasteiger partial charge is 0.159 e. The average molecular weight is 743 g/mol. The Hall–Kier alpha value is -7.82. The van der Waals surface area contributed by atoms with Gasteiger partial charge in [-0.3, -0.25) is 0 Å². The summed E-state index contributed by atoms with van der Waals surface area (Å²) >= 11 is 0. The monoisotopic (exact) mass is 742 g/mol. The number of fused-ring (bicyclic) bond motifs is 9. The van der Waals surface area contributed by atoms with Crippen LogP contribution in [0.3, 0.4) is 0 Å². The van der Waals surface area contributed by atoms with Gasteiger partial charge >= 0.3 is 0 Å². The molecule has 0 unspecified atom stereocenters. The number of furan rings is 2. The summed E-state index contributed by atoms with van der Waals surface area (Å²) in [4.78, 5) is 2.29. The summed E-state index contributed by atoms with van der Waals surface area (Å²) in [7, 11) is 0. The molecule has 0 aliphatic rings. The van der Waals surface area contributed by atoms with E-state index in [-0.39, 0.29) is 0 Å². The summed E-state index contributed by atoms with van der Waals surface area (Å²) in [6.07, 6.45) is 0. The molecule has 0 saturated carbocycles. The molecule has 9 aromatic carbocycles. The van der Waals surface area contributed by atoms with E-state index in [1.54, 1.807) is 0 Å². The van der Waals surface area contributed by atoms with Crippen LogP contribution in [0.15, 0.2) is 215 Å². The summed E-state index contributed by atoms with van der Waals surface area (Å²) in [6, 6.07) is 73.0. The van der Waals surface area contributed by atoms with Crippen LogP contribution in [0.2, 0.25) is 0 Å². The van der Waals surface area contributed by atoms with E-state index in [0.717, 1.165) is 77.8 Å². The fraction of sp³-hybridized carbons (Fsp3) is 0. The number of nitrogens with zero attached hydrogens (tertiary/aromatic N) is 2. The molecule has 0 atom stereocenters. The number of rotatable bonds is 6. The number of hydrogen-bond acceptors (Lipinski definition) is 3. The van der Waals surface area contributed by atoms with E-state index in [9.17, 15) is 0 Å². The molecule has 3 aromatic heterocycles. The number of aromatic nitrogens is 1. The minimum Gasteiger partial charge on any atom is -0.456 e. The highest BCUT2D eigenvalue weighted by Gasteiger charge is 2.23. The predicted molar refractivity (Wildman–Crippen MR) is 241 cm³/mol. The van der Waals surface area contributed by atoms with E-state index >= 15 is 0 Å². The second-order valence-electron chi connectivity index (χ2n) is 14.9. The van der Waals surface area contributed by atoms with Crippen LogP contribution in [-0.4, -0.2) is 4.57 Å². The van der Waals surface area contributed by atoms with E-state index in [4.69, 9.17) is 8.83 Å². The maximum atomic E-state index is 6.79. The van der Waals surface area contributed by atoms with Gasteiger partial charge in [-0.25, -0.2) is 0 Å². The lowest BCUT2D eigenvalue weighted by Gasteiger charge is -2.25. The highest BCUT2D eigenvalue weighted by Crippen LogP contribution is 2.45. The molecule has 0 fully saturated rings. The molecule has 4 nitrogen and oxygen atoms in total. The van der Waals surface area contributed by atoms with Crippen molar-refractivity contribution in [2.24, 2.45) is 0 Å². The zero-order valence-electron chi connectivity index (χ0n) is 31.3. The van der Waals surface area contributed by atoms with E-state index in [1.165, 1.54) is 32.9 Å². The molecule has 3 heterocycles. The molecule has 12 aromatic rings. The molecule has 0 N–H and O–H groups in total. The minimum atomic E-state index is 0.816. The Balaban J connectivity index is 1.06. The quantitative estimate of drug-likeness (QED) is 0.170. The summed E-state index contributed by atoms with van der Waals surface area (Å²) in [5.41, 5.74) is 14.4. The van der Waals surface area contributed by atoms with Crippen LogP contribution in [0, 0.1) is 0 Å². The van der Waals surface area contributed by atoms with Crippen molar-refractivity contribution in [3.05, 3.63) is 206 Å². The zero-order chi connectivity index (χ0) is 38.2. The van der Waals surface area contributed by atoms with E-state index < -0.39 is 0 Å². The summed E-state index contributed by atoms with van der Waals surface area (Å²) in [5.74, 6) is 0. The fourth-order valence-corrected chi connectivity index (χ4v) is 8.93. The van der Waals surface area contributed by atoms with E-state index in [0.29, 0.717) is 0 Å². The lowest BCUT2D eigenvalue weighted by Crippen LogP contribution is -2.10. The van der Waals surface area contributed by atoms with Crippen molar-refractivity contribution in [3.8, 4) is 27.9 Å². The Morgan fingerprint density at radius 2 is 0.948 bits per heavy atom. The number of hydrogen-bond donors (Lipinski definition) is 0. The Kier molecular flexibility index (Phi) is 7.20. The highest BCUT2D eigenvalue weighted by molar-refractivity contribution is 6.15. The first-order chi connectivity index (χ1) is 28.8. The molecule has 12 rings (SSSR count). The lowest BCUT2D eigenvalue weighted by molar-refractivity contribution is 0.667. The van der Waals surface area contributed by atoms with Crippen LogP contribution < -0.4 is 4.90 Å². The molecule has 0 amide bonds. The van der Waals surface area contributed by atoms with Crippen molar-refractivity contribution in [2.45, 2.75) is 0 Å². The molecular weight excluding hydrogens is 709 g/mol. The van der Waals surface area contributed by atoms with Gasteiger partial charge in [0.25, 0.3) is 0 Å². The zero-order valence-corrected chi connectivity index (χ0v) is 31.3. The topological polar surface area (TPSA) is 34.5 Å². The lowest BCUT2D eigenvalue weighted by atomic mass is 10.0. The van der Waals surface area contributed by atoms with Crippen LogP contribution in [-0.2, 0) is 0 Å². The van der Waals surface area contributed by atoms with E-state index in [2.05, 4.69) is 216 Å². The maximum Gasteiger partial charge on any atom is 0.159 e. The van der Waals surface area contributed by atoms with Gasteiger partial charge in [0.05, 0.1) is 33.5 Å². The normalized spacial score (nSPS) is 11.8. The van der Waals surface area contributed by atoms with Gasteiger partial charge in [-0.2, -0.15) is 0 Å². The van der Waals surface area contributed by atoms with Crippen LogP contribution in [0.5, 0.6) is 0 Å². The van der Waals surface area contributed by atoms with Crippen molar-refractivity contribution < 1.29 is 8.83 Å². The molecule has 0 saturated heterocycles. The van der Waals surface area contributed by atoms with Gasteiger partial charge in [0.1, 0.15) is 16.7 Å². The van der Waals surface area contributed by atoms with Gasteiger partial charge in [-0.1, -0.05) is 133 Å². The van der Waals surface area contributed by atoms with Gasteiger partial charge in [0.15, 0.2) is 5.58 Å². The van der Waals surface area contributed by atoms with Gasteiger partial charge in [0, 0.05) is 38.7 Å². The van der Waals surface area contributed by atoms with Gasteiger partial charge in [-0.05, 0) is 89.0 Å². The third-order valence-corrected chi connectivity index (χ3v) is 11.6. The molecule has 272 valence electrons. The Morgan fingerprint density at radius 3 is 1.69 bits per heavy atom. The SMILES string of the molecule is c1ccc(-c2ccc(N(c3ccc4c(c3)oc3cccc(-n5c6ccccc6c6ccccc65)c34)c3cccc4c3oc3ccc(-c5ccccc5)cc34)cc2)cc1. The minimum absolute atomic E-state index is 0.816. The first kappa shape index (κ1) is 32.4. The molecular formula is C54H34N2O2. The Labute approximate surface area is 334 Å². The largest absolute Gasteiger partial charge is 0.456 e. The molecule has 0 spiro atoms. The first-order valence-corrected chi connectivity index (χ1v) is 19.7. The highest BCUT2D eigenvalue weighted by atomic mass is 16.3. The van der Waals surface area contributed by atoms with Crippen molar-refractivity contribution in [1.82, 2.24) is 4.57 Å². The van der Waals surface area contributed by atoms with Crippen molar-refractivity contribution in [3.63, 3.8) is 0 Å². The number of anilines is 3. The average Bonchev–Trinajstić information content (AvgIpc) is 3.97. The van der Waals surface area contributed by atoms with E-state index in [1.807, 2.05) is 0 Å². The molecule has 58 heavy (non-hydrogen) atoms. The third-order valence-electron chi connectivity index (χ3n) is 11.6. The summed E-state index contributed by atoms with van der Waals surface area (Å²) < 4.78 is 15.9. The van der Waals surface area contributed by atoms with Gasteiger partial charge < -0.3 is 18.3 Å². The number of para-hydroxylation sites is 3. The van der Waals surface area contributed by atoms with Crippen LogP contribution >= 0.6 is 0 Å². The van der Waals surface area contributed by atoms with Gasteiger partial charge in [0.2, 0.25) is 0 Å². The summed E-state index contributed by atoms with van der Waals surface area (Å²) in [5, 5.41) is 6.76. The standard InChI is InChI=1S/C54H34N2O2/c1-3-13-35(14-4-1)37-25-28-39(29-26-37)55(49-23-11-19-43-45-33-38(36-15-5-2-6-16-36)27-32-50(45)58-54(43)49)40-30-31-44-52(34-40)57-51-24-12-22-48(53(44)51)56-46-20-9-7-17-41(46)42-18-8-10-21-47(42)56/h1-34H. The third kappa shape index (κ3) is 5.02.